The highest BCUT2D eigenvalue weighted by Gasteiger charge is 2.00. The van der Waals surface area contributed by atoms with Gasteiger partial charge in [0.05, 0.1) is 6.54 Å². The van der Waals surface area contributed by atoms with Crippen LogP contribution in [0.3, 0.4) is 0 Å². The molecule has 1 aromatic heterocycles. The molecule has 0 spiro atoms. The minimum absolute atomic E-state index is 0.0212. The smallest absolute Gasteiger partial charge is 0.239 e. The molecular weight excluding hydrogens is 220 g/mol. The second kappa shape index (κ2) is 4.99. The van der Waals surface area contributed by atoms with Crippen molar-refractivity contribution < 1.29 is 4.79 Å². The molecule has 0 unspecified atom stereocenters. The normalized spacial score (nSPS) is 10.3. The van der Waals surface area contributed by atoms with Crippen LogP contribution in [0.2, 0.25) is 0 Å². The average Bonchev–Trinajstić information content (AvgIpc) is 2.74. The summed E-state index contributed by atoms with van der Waals surface area (Å²) >= 11 is 1.72. The number of amides is 1. The lowest BCUT2D eigenvalue weighted by Gasteiger charge is -2.06. The molecule has 0 bridgehead atoms. The predicted molar refractivity (Wildman–Crippen MR) is 69.0 cm³/mol. The van der Waals surface area contributed by atoms with Gasteiger partial charge in [-0.25, -0.2) is 0 Å². The van der Waals surface area contributed by atoms with Gasteiger partial charge in [0.25, 0.3) is 0 Å². The van der Waals surface area contributed by atoms with E-state index in [4.69, 9.17) is 0 Å². The van der Waals surface area contributed by atoms with Crippen molar-refractivity contribution in [2.24, 2.45) is 0 Å². The van der Waals surface area contributed by atoms with Crippen LogP contribution in [0.4, 0.5) is 5.69 Å². The van der Waals surface area contributed by atoms with Crippen LogP contribution in [0, 0.1) is 0 Å². The maximum atomic E-state index is 11.3. The molecule has 16 heavy (non-hydrogen) atoms. The van der Waals surface area contributed by atoms with Crippen molar-refractivity contribution in [2.45, 2.75) is 6.92 Å². The Bertz CT molecular complexity index is 492. The first-order chi connectivity index (χ1) is 7.79. The number of hydrogen-bond acceptors (Lipinski definition) is 3. The number of likely N-dealkylation sites (N-methyl/N-ethyl adjacent to an activating group) is 1. The molecule has 1 aromatic carbocycles. The summed E-state index contributed by atoms with van der Waals surface area (Å²) in [4.78, 5) is 11.3. The van der Waals surface area contributed by atoms with Gasteiger partial charge in [0, 0.05) is 16.9 Å². The van der Waals surface area contributed by atoms with Crippen LogP contribution in [-0.2, 0) is 4.79 Å². The molecule has 1 heterocycles. The van der Waals surface area contributed by atoms with Crippen LogP contribution >= 0.6 is 11.3 Å². The fourth-order valence-corrected chi connectivity index (χ4v) is 2.29. The van der Waals surface area contributed by atoms with Crippen molar-refractivity contribution in [2.75, 3.05) is 18.4 Å². The number of nitrogens with one attached hydrogen (secondary N) is 2. The Morgan fingerprint density at radius 3 is 3.06 bits per heavy atom. The average molecular weight is 234 g/mol. The van der Waals surface area contributed by atoms with Crippen LogP contribution < -0.4 is 10.6 Å². The Kier molecular flexibility index (Phi) is 3.41. The lowest BCUT2D eigenvalue weighted by molar-refractivity contribution is -0.119. The van der Waals surface area contributed by atoms with E-state index in [0.717, 1.165) is 5.69 Å². The van der Waals surface area contributed by atoms with Crippen LogP contribution in [0.25, 0.3) is 10.1 Å². The Hall–Kier alpha value is -1.55. The van der Waals surface area contributed by atoms with Gasteiger partial charge in [0.15, 0.2) is 0 Å². The minimum Gasteiger partial charge on any atom is -0.376 e. The molecule has 0 aliphatic heterocycles. The van der Waals surface area contributed by atoms with Crippen LogP contribution in [-0.4, -0.2) is 19.0 Å². The van der Waals surface area contributed by atoms with Gasteiger partial charge < -0.3 is 10.6 Å². The summed E-state index contributed by atoms with van der Waals surface area (Å²) < 4.78 is 1.27. The number of carbonyl (C=O) groups excluding carboxylic acids is 1. The molecule has 2 rings (SSSR count). The first kappa shape index (κ1) is 11.0. The summed E-state index contributed by atoms with van der Waals surface area (Å²) in [6, 6.07) is 8.21. The number of benzene rings is 1. The van der Waals surface area contributed by atoms with E-state index in [-0.39, 0.29) is 5.91 Å². The summed E-state index contributed by atoms with van der Waals surface area (Å²) in [5.41, 5.74) is 0.983. The third-order valence-corrected chi connectivity index (χ3v) is 3.18. The molecule has 0 saturated heterocycles. The van der Waals surface area contributed by atoms with E-state index in [0.29, 0.717) is 13.1 Å². The van der Waals surface area contributed by atoms with Gasteiger partial charge in [-0.05, 0) is 42.0 Å². The standard InChI is InChI=1S/C12H14N2OS/c1-2-13-12(15)8-14-10-3-4-11-9(7-10)5-6-16-11/h3-7,14H,2,8H2,1H3,(H,13,15). The van der Waals surface area contributed by atoms with Gasteiger partial charge in [-0.1, -0.05) is 0 Å². The summed E-state index contributed by atoms with van der Waals surface area (Å²) in [6.45, 7) is 2.91. The minimum atomic E-state index is 0.0212. The molecule has 0 aliphatic carbocycles. The summed E-state index contributed by atoms with van der Waals surface area (Å²) in [5, 5.41) is 9.13. The van der Waals surface area contributed by atoms with Gasteiger partial charge in [0.1, 0.15) is 0 Å². The number of thiophene rings is 1. The fraction of sp³-hybridized carbons (Fsp3) is 0.250. The van der Waals surface area contributed by atoms with E-state index in [9.17, 15) is 4.79 Å². The summed E-state index contributed by atoms with van der Waals surface area (Å²) in [7, 11) is 0. The second-order valence-electron chi connectivity index (χ2n) is 3.48. The summed E-state index contributed by atoms with van der Waals surface area (Å²) in [6.07, 6.45) is 0. The second-order valence-corrected chi connectivity index (χ2v) is 4.43. The van der Waals surface area contributed by atoms with E-state index in [2.05, 4.69) is 34.2 Å². The topological polar surface area (TPSA) is 41.1 Å². The zero-order chi connectivity index (χ0) is 11.4. The number of anilines is 1. The van der Waals surface area contributed by atoms with E-state index < -0.39 is 0 Å². The van der Waals surface area contributed by atoms with E-state index in [1.165, 1.54) is 10.1 Å². The Morgan fingerprint density at radius 2 is 2.25 bits per heavy atom. The Balaban J connectivity index is 2.01. The molecule has 0 saturated carbocycles. The molecule has 0 atom stereocenters. The monoisotopic (exact) mass is 234 g/mol. The molecule has 3 nitrogen and oxygen atoms in total. The highest BCUT2D eigenvalue weighted by molar-refractivity contribution is 7.17. The van der Waals surface area contributed by atoms with E-state index in [1.54, 1.807) is 11.3 Å². The van der Waals surface area contributed by atoms with Crippen LogP contribution in [0.1, 0.15) is 6.92 Å². The third kappa shape index (κ3) is 2.52. The van der Waals surface area contributed by atoms with Gasteiger partial charge in [-0.3, -0.25) is 4.79 Å². The van der Waals surface area contributed by atoms with Crippen LogP contribution in [0.5, 0.6) is 0 Å². The van der Waals surface area contributed by atoms with Gasteiger partial charge in [-0.2, -0.15) is 0 Å². The highest BCUT2D eigenvalue weighted by Crippen LogP contribution is 2.23. The quantitative estimate of drug-likeness (QED) is 0.853. The molecule has 0 fully saturated rings. The zero-order valence-electron chi connectivity index (χ0n) is 9.12. The molecule has 4 heteroatoms. The maximum absolute atomic E-state index is 11.3. The molecule has 1 amide bonds. The Morgan fingerprint density at radius 1 is 1.38 bits per heavy atom. The number of rotatable bonds is 4. The zero-order valence-corrected chi connectivity index (χ0v) is 9.93. The van der Waals surface area contributed by atoms with Gasteiger partial charge >= 0.3 is 0 Å². The molecule has 0 radical (unpaired) electrons. The van der Waals surface area contributed by atoms with Gasteiger partial charge in [-0.15, -0.1) is 11.3 Å². The number of hydrogen-bond donors (Lipinski definition) is 2. The van der Waals surface area contributed by atoms with Crippen molar-refractivity contribution in [3.8, 4) is 0 Å². The fourth-order valence-electron chi connectivity index (χ4n) is 1.52. The van der Waals surface area contributed by atoms with Gasteiger partial charge in [0.2, 0.25) is 5.91 Å². The molecule has 0 aliphatic rings. The first-order valence-corrected chi connectivity index (χ1v) is 6.15. The van der Waals surface area contributed by atoms with Crippen molar-refractivity contribution in [3.05, 3.63) is 29.6 Å². The lowest BCUT2D eigenvalue weighted by Crippen LogP contribution is -2.29. The van der Waals surface area contributed by atoms with Crippen LogP contribution in [0.15, 0.2) is 29.6 Å². The molecule has 84 valence electrons. The Labute approximate surface area is 98.5 Å². The molecule has 2 N–H and O–H groups in total. The van der Waals surface area contributed by atoms with E-state index >= 15 is 0 Å². The predicted octanol–water partition coefficient (Wildman–Crippen LogP) is 2.45. The lowest BCUT2D eigenvalue weighted by atomic mass is 10.2. The molecular formula is C12H14N2OS. The largest absolute Gasteiger partial charge is 0.376 e. The van der Waals surface area contributed by atoms with Crippen molar-refractivity contribution >= 4 is 33.0 Å². The summed E-state index contributed by atoms with van der Waals surface area (Å²) in [5.74, 6) is 0.0212. The first-order valence-electron chi connectivity index (χ1n) is 5.27. The van der Waals surface area contributed by atoms with E-state index in [1.807, 2.05) is 13.0 Å². The SMILES string of the molecule is CCNC(=O)CNc1ccc2sccc2c1. The van der Waals surface area contributed by atoms with Crippen molar-refractivity contribution in [1.29, 1.82) is 0 Å². The van der Waals surface area contributed by atoms with Crippen molar-refractivity contribution in [3.63, 3.8) is 0 Å². The number of fused-ring (bicyclic) bond motifs is 1. The highest BCUT2D eigenvalue weighted by atomic mass is 32.1. The van der Waals surface area contributed by atoms with Crippen molar-refractivity contribution in [1.82, 2.24) is 5.32 Å². The molecule has 2 aromatic rings. The third-order valence-electron chi connectivity index (χ3n) is 2.28. The number of carbonyl (C=O) groups is 1. The maximum Gasteiger partial charge on any atom is 0.239 e.